The van der Waals surface area contributed by atoms with Gasteiger partial charge >= 0.3 is 0 Å². The quantitative estimate of drug-likeness (QED) is 0.815. The van der Waals surface area contributed by atoms with Crippen molar-refractivity contribution in [1.29, 1.82) is 0 Å². The SMILES string of the molecule is CCC(C)C(O)CN1CCCC2CCCCC21. The van der Waals surface area contributed by atoms with Crippen LogP contribution in [0.1, 0.15) is 58.8 Å². The first kappa shape index (κ1) is 13.4. The van der Waals surface area contributed by atoms with Crippen LogP contribution < -0.4 is 0 Å². The maximum absolute atomic E-state index is 10.2. The van der Waals surface area contributed by atoms with Gasteiger partial charge in [-0.15, -0.1) is 0 Å². The number of rotatable bonds is 4. The summed E-state index contributed by atoms with van der Waals surface area (Å²) in [7, 11) is 0. The second-order valence-electron chi connectivity index (χ2n) is 6.20. The van der Waals surface area contributed by atoms with Crippen molar-refractivity contribution >= 4 is 0 Å². The molecular weight excluding hydrogens is 210 g/mol. The molecule has 2 rings (SSSR count). The smallest absolute Gasteiger partial charge is 0.0692 e. The summed E-state index contributed by atoms with van der Waals surface area (Å²) in [4.78, 5) is 2.60. The lowest BCUT2D eigenvalue weighted by molar-refractivity contribution is 0.00375. The zero-order chi connectivity index (χ0) is 12.3. The fraction of sp³-hybridized carbons (Fsp3) is 1.00. The van der Waals surface area contributed by atoms with Crippen LogP contribution in [-0.4, -0.2) is 35.2 Å². The fourth-order valence-electron chi connectivity index (χ4n) is 3.65. The van der Waals surface area contributed by atoms with Crippen LogP contribution in [0.5, 0.6) is 0 Å². The molecule has 1 saturated carbocycles. The number of likely N-dealkylation sites (tertiary alicyclic amines) is 1. The summed E-state index contributed by atoms with van der Waals surface area (Å²) >= 11 is 0. The molecule has 4 atom stereocenters. The average molecular weight is 239 g/mol. The molecule has 0 aromatic heterocycles. The largest absolute Gasteiger partial charge is 0.392 e. The number of fused-ring (bicyclic) bond motifs is 1. The third-order valence-electron chi connectivity index (χ3n) is 5.08. The van der Waals surface area contributed by atoms with Crippen molar-refractivity contribution in [3.05, 3.63) is 0 Å². The van der Waals surface area contributed by atoms with Crippen molar-refractivity contribution in [2.75, 3.05) is 13.1 Å². The maximum atomic E-state index is 10.2. The van der Waals surface area contributed by atoms with Gasteiger partial charge in [0.25, 0.3) is 0 Å². The third kappa shape index (κ3) is 3.23. The molecule has 1 heterocycles. The van der Waals surface area contributed by atoms with Crippen LogP contribution >= 0.6 is 0 Å². The molecule has 0 spiro atoms. The van der Waals surface area contributed by atoms with Crippen LogP contribution in [0.15, 0.2) is 0 Å². The highest BCUT2D eigenvalue weighted by Gasteiger charge is 2.34. The molecule has 2 aliphatic rings. The lowest BCUT2D eigenvalue weighted by Crippen LogP contribution is -2.50. The summed E-state index contributed by atoms with van der Waals surface area (Å²) in [5.41, 5.74) is 0. The van der Waals surface area contributed by atoms with E-state index in [4.69, 9.17) is 0 Å². The molecule has 0 radical (unpaired) electrons. The highest BCUT2D eigenvalue weighted by atomic mass is 16.3. The molecule has 100 valence electrons. The van der Waals surface area contributed by atoms with Crippen molar-refractivity contribution in [2.24, 2.45) is 11.8 Å². The van der Waals surface area contributed by atoms with Crippen LogP contribution in [0, 0.1) is 11.8 Å². The monoisotopic (exact) mass is 239 g/mol. The Balaban J connectivity index is 1.90. The standard InChI is InChI=1S/C15H29NO/c1-3-12(2)15(17)11-16-10-6-8-13-7-4-5-9-14(13)16/h12-15,17H,3-11H2,1-2H3. The highest BCUT2D eigenvalue weighted by Crippen LogP contribution is 2.35. The van der Waals surface area contributed by atoms with Gasteiger partial charge in [-0.3, -0.25) is 4.90 Å². The van der Waals surface area contributed by atoms with Gasteiger partial charge in [-0.05, 0) is 44.1 Å². The van der Waals surface area contributed by atoms with Crippen LogP contribution in [0.2, 0.25) is 0 Å². The number of aliphatic hydroxyl groups is 1. The topological polar surface area (TPSA) is 23.5 Å². The van der Waals surface area contributed by atoms with E-state index >= 15 is 0 Å². The first-order valence-electron chi connectivity index (χ1n) is 7.64. The minimum atomic E-state index is -0.124. The van der Waals surface area contributed by atoms with Crippen LogP contribution in [0.3, 0.4) is 0 Å². The van der Waals surface area contributed by atoms with E-state index in [1.807, 2.05) is 0 Å². The maximum Gasteiger partial charge on any atom is 0.0692 e. The Kier molecular flexibility index (Phi) is 4.87. The van der Waals surface area contributed by atoms with Gasteiger partial charge in [0.05, 0.1) is 6.10 Å². The summed E-state index contributed by atoms with van der Waals surface area (Å²) in [6, 6.07) is 0.788. The number of nitrogens with zero attached hydrogens (tertiary/aromatic N) is 1. The second kappa shape index (κ2) is 6.19. The highest BCUT2D eigenvalue weighted by molar-refractivity contribution is 4.88. The second-order valence-corrected chi connectivity index (χ2v) is 6.20. The van der Waals surface area contributed by atoms with E-state index in [1.165, 1.54) is 45.1 Å². The molecule has 1 saturated heterocycles. The molecule has 1 aliphatic carbocycles. The summed E-state index contributed by atoms with van der Waals surface area (Å²) in [5.74, 6) is 1.38. The van der Waals surface area contributed by atoms with Gasteiger partial charge in [-0.25, -0.2) is 0 Å². The van der Waals surface area contributed by atoms with Gasteiger partial charge in [-0.2, -0.15) is 0 Å². The van der Waals surface area contributed by atoms with Crippen molar-refractivity contribution in [3.8, 4) is 0 Å². The summed E-state index contributed by atoms with van der Waals surface area (Å²) in [5, 5.41) is 10.2. The molecule has 1 N–H and O–H groups in total. The van der Waals surface area contributed by atoms with Gasteiger partial charge in [0.2, 0.25) is 0 Å². The van der Waals surface area contributed by atoms with E-state index in [2.05, 4.69) is 18.7 Å². The number of aliphatic hydroxyl groups excluding tert-OH is 1. The predicted octanol–water partition coefficient (Wildman–Crippen LogP) is 3.05. The summed E-state index contributed by atoms with van der Waals surface area (Å²) < 4.78 is 0. The zero-order valence-corrected chi connectivity index (χ0v) is 11.6. The van der Waals surface area contributed by atoms with Gasteiger partial charge in [0.15, 0.2) is 0 Å². The van der Waals surface area contributed by atoms with E-state index in [0.717, 1.165) is 24.9 Å². The normalized spacial score (nSPS) is 34.1. The summed E-state index contributed by atoms with van der Waals surface area (Å²) in [6.07, 6.45) is 9.37. The van der Waals surface area contributed by atoms with E-state index in [9.17, 15) is 5.11 Å². The summed E-state index contributed by atoms with van der Waals surface area (Å²) in [6.45, 7) is 6.48. The molecule has 0 aromatic rings. The molecule has 0 aromatic carbocycles. The first-order valence-corrected chi connectivity index (χ1v) is 7.64. The van der Waals surface area contributed by atoms with Crippen LogP contribution in [0.4, 0.5) is 0 Å². The molecule has 2 nitrogen and oxygen atoms in total. The lowest BCUT2D eigenvalue weighted by Gasteiger charge is -2.45. The number of hydrogen-bond acceptors (Lipinski definition) is 2. The Hall–Kier alpha value is -0.0800. The van der Waals surface area contributed by atoms with E-state index in [-0.39, 0.29) is 6.10 Å². The van der Waals surface area contributed by atoms with E-state index < -0.39 is 0 Å². The minimum Gasteiger partial charge on any atom is -0.392 e. The van der Waals surface area contributed by atoms with Gasteiger partial charge in [0, 0.05) is 12.6 Å². The van der Waals surface area contributed by atoms with Gasteiger partial charge in [0.1, 0.15) is 0 Å². The first-order chi connectivity index (χ1) is 8.22. The van der Waals surface area contributed by atoms with Crippen LogP contribution in [-0.2, 0) is 0 Å². The fourth-order valence-corrected chi connectivity index (χ4v) is 3.65. The number of piperidine rings is 1. The molecule has 2 heteroatoms. The van der Waals surface area contributed by atoms with Gasteiger partial charge in [-0.1, -0.05) is 33.1 Å². The molecule has 0 bridgehead atoms. The number of hydrogen-bond donors (Lipinski definition) is 1. The molecule has 2 fully saturated rings. The van der Waals surface area contributed by atoms with E-state index in [1.54, 1.807) is 0 Å². The Morgan fingerprint density at radius 3 is 2.65 bits per heavy atom. The minimum absolute atomic E-state index is 0.124. The van der Waals surface area contributed by atoms with Crippen LogP contribution in [0.25, 0.3) is 0 Å². The molecular formula is C15H29NO. The molecule has 0 amide bonds. The van der Waals surface area contributed by atoms with Crippen molar-refractivity contribution in [1.82, 2.24) is 4.90 Å². The zero-order valence-electron chi connectivity index (χ0n) is 11.6. The average Bonchev–Trinajstić information content (AvgIpc) is 2.38. The van der Waals surface area contributed by atoms with Crippen molar-refractivity contribution < 1.29 is 5.11 Å². The Morgan fingerprint density at radius 1 is 1.18 bits per heavy atom. The Morgan fingerprint density at radius 2 is 1.88 bits per heavy atom. The predicted molar refractivity (Wildman–Crippen MR) is 72.0 cm³/mol. The Labute approximate surface area is 106 Å². The Bertz CT molecular complexity index is 229. The van der Waals surface area contributed by atoms with E-state index in [0.29, 0.717) is 5.92 Å². The molecule has 17 heavy (non-hydrogen) atoms. The van der Waals surface area contributed by atoms with Crippen molar-refractivity contribution in [3.63, 3.8) is 0 Å². The number of β-amino-alcohol motifs (C(OH)–C–C–N with tert-alkyl or cyclic N) is 1. The molecule has 1 aliphatic heterocycles. The van der Waals surface area contributed by atoms with Gasteiger partial charge < -0.3 is 5.11 Å². The third-order valence-corrected chi connectivity index (χ3v) is 5.08. The lowest BCUT2D eigenvalue weighted by atomic mass is 9.78. The van der Waals surface area contributed by atoms with Crippen molar-refractivity contribution in [2.45, 2.75) is 70.9 Å². The molecule has 4 unspecified atom stereocenters.